The number of sulfonamides is 1. The van der Waals surface area contributed by atoms with Crippen molar-refractivity contribution in [1.29, 1.82) is 0 Å². The number of carbonyl (C=O) groups is 1. The maximum Gasteiger partial charge on any atom is 0.267 e. The van der Waals surface area contributed by atoms with Gasteiger partial charge in [-0.25, -0.2) is 8.42 Å². The van der Waals surface area contributed by atoms with Gasteiger partial charge in [-0.15, -0.1) is 0 Å². The minimum atomic E-state index is -3.95. The van der Waals surface area contributed by atoms with Crippen LogP contribution in [0.2, 0.25) is 5.02 Å². The van der Waals surface area contributed by atoms with Gasteiger partial charge in [0, 0.05) is 10.7 Å². The molecule has 4 rings (SSSR count). The number of halogens is 1. The molecule has 0 aromatic heterocycles. The number of fused-ring (bicyclic) bond motifs is 1. The molecule has 166 valence electrons. The van der Waals surface area contributed by atoms with Crippen molar-refractivity contribution in [2.75, 3.05) is 16.2 Å². The normalized spacial score (nSPS) is 15.6. The molecule has 3 aromatic carbocycles. The summed E-state index contributed by atoms with van der Waals surface area (Å²) in [7, 11) is -3.95. The first-order chi connectivity index (χ1) is 15.1. The second kappa shape index (κ2) is 8.48. The number of rotatable bonds is 4. The largest absolute Gasteiger partial charge is 0.476 e. The lowest BCUT2D eigenvalue weighted by molar-refractivity contribution is -0.122. The number of aryl methyl sites for hydroxylation is 3. The second-order valence-electron chi connectivity index (χ2n) is 7.86. The molecule has 1 aliphatic rings. The SMILES string of the molecule is Cc1ccc(S(=O)(=O)N2C[C@@H](C(=O)Nc3ccc(C)c(C)c3)Oc3ccc(Cl)cc32)cc1. The molecule has 0 saturated heterocycles. The van der Waals surface area contributed by atoms with Crippen molar-refractivity contribution < 1.29 is 17.9 Å². The van der Waals surface area contributed by atoms with E-state index < -0.39 is 22.0 Å². The van der Waals surface area contributed by atoms with Gasteiger partial charge in [0.1, 0.15) is 5.75 Å². The molecular formula is C24H23ClN2O4S. The summed E-state index contributed by atoms with van der Waals surface area (Å²) >= 11 is 6.14. The predicted octanol–water partition coefficient (Wildman–Crippen LogP) is 4.86. The molecule has 0 spiro atoms. The van der Waals surface area contributed by atoms with Gasteiger partial charge in [-0.3, -0.25) is 9.10 Å². The number of hydrogen-bond donors (Lipinski definition) is 1. The Balaban J connectivity index is 1.69. The highest BCUT2D eigenvalue weighted by Gasteiger charge is 2.37. The Kier molecular flexibility index (Phi) is 5.88. The van der Waals surface area contributed by atoms with Gasteiger partial charge in [-0.2, -0.15) is 0 Å². The van der Waals surface area contributed by atoms with E-state index in [9.17, 15) is 13.2 Å². The standard InChI is InChI=1S/C24H23ClN2O4S/c1-15-4-9-20(10-5-15)32(29,30)27-14-23(31-22-11-7-18(25)13-21(22)27)24(28)26-19-8-6-16(2)17(3)12-19/h4-13,23H,14H2,1-3H3,(H,26,28)/t23-/m0/s1. The number of ether oxygens (including phenoxy) is 1. The van der Waals surface area contributed by atoms with Crippen LogP contribution in [-0.4, -0.2) is 27.0 Å². The van der Waals surface area contributed by atoms with Crippen molar-refractivity contribution in [3.63, 3.8) is 0 Å². The Morgan fingerprint density at radius 1 is 1.00 bits per heavy atom. The number of hydrogen-bond acceptors (Lipinski definition) is 4. The molecule has 0 saturated carbocycles. The van der Waals surface area contributed by atoms with Gasteiger partial charge < -0.3 is 10.1 Å². The summed E-state index contributed by atoms with van der Waals surface area (Å²) in [6.07, 6.45) is -1.04. The summed E-state index contributed by atoms with van der Waals surface area (Å²) in [5.74, 6) is -0.158. The molecule has 0 fully saturated rings. The van der Waals surface area contributed by atoms with Crippen LogP contribution in [0.1, 0.15) is 16.7 Å². The molecule has 0 radical (unpaired) electrons. The summed E-state index contributed by atoms with van der Waals surface area (Å²) in [6, 6.07) is 16.8. The lowest BCUT2D eigenvalue weighted by Gasteiger charge is -2.35. The van der Waals surface area contributed by atoms with E-state index in [1.807, 2.05) is 32.9 Å². The van der Waals surface area contributed by atoms with Crippen LogP contribution < -0.4 is 14.4 Å². The van der Waals surface area contributed by atoms with Crippen LogP contribution in [0.15, 0.2) is 65.6 Å². The first-order valence-electron chi connectivity index (χ1n) is 10.1. The Labute approximate surface area is 192 Å². The smallest absolute Gasteiger partial charge is 0.267 e. The van der Waals surface area contributed by atoms with Gasteiger partial charge in [0.25, 0.3) is 15.9 Å². The predicted molar refractivity (Wildman–Crippen MR) is 126 cm³/mol. The van der Waals surface area contributed by atoms with E-state index in [0.717, 1.165) is 16.7 Å². The number of benzene rings is 3. The van der Waals surface area contributed by atoms with Crippen molar-refractivity contribution in [2.45, 2.75) is 31.8 Å². The molecule has 1 N–H and O–H groups in total. The van der Waals surface area contributed by atoms with Crippen molar-refractivity contribution in [3.8, 4) is 5.75 Å². The van der Waals surface area contributed by atoms with Crippen LogP contribution in [0, 0.1) is 20.8 Å². The number of amides is 1. The Hall–Kier alpha value is -3.03. The molecule has 0 bridgehead atoms. The summed E-state index contributed by atoms with van der Waals surface area (Å²) in [4.78, 5) is 13.1. The maximum atomic E-state index is 13.5. The molecule has 1 aliphatic heterocycles. The van der Waals surface area contributed by atoms with Crippen LogP contribution in [0.4, 0.5) is 11.4 Å². The van der Waals surface area contributed by atoms with E-state index in [4.69, 9.17) is 16.3 Å². The second-order valence-corrected chi connectivity index (χ2v) is 10.2. The average molecular weight is 471 g/mol. The molecule has 0 unspecified atom stereocenters. The van der Waals surface area contributed by atoms with Crippen LogP contribution in [0.25, 0.3) is 0 Å². The molecule has 1 heterocycles. The number of nitrogens with zero attached hydrogens (tertiary/aromatic N) is 1. The lowest BCUT2D eigenvalue weighted by Crippen LogP contribution is -2.48. The quantitative estimate of drug-likeness (QED) is 0.590. The highest BCUT2D eigenvalue weighted by atomic mass is 35.5. The first kappa shape index (κ1) is 22.2. The molecule has 1 atom stereocenters. The fourth-order valence-corrected chi connectivity index (χ4v) is 5.10. The zero-order valence-corrected chi connectivity index (χ0v) is 19.5. The average Bonchev–Trinajstić information content (AvgIpc) is 2.75. The number of nitrogens with one attached hydrogen (secondary N) is 1. The molecule has 3 aromatic rings. The van der Waals surface area contributed by atoms with E-state index in [1.165, 1.54) is 10.4 Å². The highest BCUT2D eigenvalue weighted by molar-refractivity contribution is 7.92. The third kappa shape index (κ3) is 4.31. The van der Waals surface area contributed by atoms with Crippen LogP contribution in [-0.2, 0) is 14.8 Å². The van der Waals surface area contributed by atoms with Gasteiger partial charge in [-0.1, -0.05) is 35.4 Å². The monoisotopic (exact) mass is 470 g/mol. The fraction of sp³-hybridized carbons (Fsp3) is 0.208. The molecular weight excluding hydrogens is 448 g/mol. The summed E-state index contributed by atoms with van der Waals surface area (Å²) in [6.45, 7) is 5.65. The molecule has 6 nitrogen and oxygen atoms in total. The molecule has 1 amide bonds. The van der Waals surface area contributed by atoms with Crippen molar-refractivity contribution in [2.24, 2.45) is 0 Å². The molecule has 8 heteroatoms. The number of anilines is 2. The Bertz CT molecular complexity index is 1290. The third-order valence-corrected chi connectivity index (χ3v) is 7.50. The lowest BCUT2D eigenvalue weighted by atomic mass is 10.1. The van der Waals surface area contributed by atoms with Crippen LogP contribution in [0.3, 0.4) is 0 Å². The van der Waals surface area contributed by atoms with E-state index >= 15 is 0 Å². The van der Waals surface area contributed by atoms with Crippen molar-refractivity contribution >= 4 is 38.9 Å². The van der Waals surface area contributed by atoms with E-state index in [1.54, 1.807) is 42.5 Å². The highest BCUT2D eigenvalue weighted by Crippen LogP contribution is 2.39. The molecule has 32 heavy (non-hydrogen) atoms. The van der Waals surface area contributed by atoms with E-state index in [2.05, 4.69) is 5.32 Å². The summed E-state index contributed by atoms with van der Waals surface area (Å²) in [5.41, 5.74) is 4.01. The zero-order chi connectivity index (χ0) is 23.0. The summed E-state index contributed by atoms with van der Waals surface area (Å²) in [5, 5.41) is 3.20. The van der Waals surface area contributed by atoms with Gasteiger partial charge in [0.15, 0.2) is 6.10 Å². The van der Waals surface area contributed by atoms with Gasteiger partial charge in [0.2, 0.25) is 0 Å². The van der Waals surface area contributed by atoms with Crippen molar-refractivity contribution in [1.82, 2.24) is 0 Å². The third-order valence-electron chi connectivity index (χ3n) is 5.47. The Morgan fingerprint density at radius 3 is 2.41 bits per heavy atom. The van der Waals surface area contributed by atoms with E-state index in [0.29, 0.717) is 16.4 Å². The van der Waals surface area contributed by atoms with Gasteiger partial charge in [-0.05, 0) is 74.4 Å². The zero-order valence-electron chi connectivity index (χ0n) is 17.9. The van der Waals surface area contributed by atoms with Crippen LogP contribution in [0.5, 0.6) is 5.75 Å². The minimum Gasteiger partial charge on any atom is -0.476 e. The maximum absolute atomic E-state index is 13.5. The summed E-state index contributed by atoms with van der Waals surface area (Å²) < 4.78 is 34.0. The van der Waals surface area contributed by atoms with Gasteiger partial charge >= 0.3 is 0 Å². The van der Waals surface area contributed by atoms with Crippen molar-refractivity contribution in [3.05, 3.63) is 82.4 Å². The van der Waals surface area contributed by atoms with E-state index in [-0.39, 0.29) is 17.2 Å². The van der Waals surface area contributed by atoms with Crippen LogP contribution >= 0.6 is 11.6 Å². The first-order valence-corrected chi connectivity index (χ1v) is 11.9. The van der Waals surface area contributed by atoms with Gasteiger partial charge in [0.05, 0.1) is 17.1 Å². The fourth-order valence-electron chi connectivity index (χ4n) is 3.47. The topological polar surface area (TPSA) is 75.7 Å². The molecule has 0 aliphatic carbocycles. The minimum absolute atomic E-state index is 0.129. The number of carbonyl (C=O) groups excluding carboxylic acids is 1. The Morgan fingerprint density at radius 2 is 1.72 bits per heavy atom.